The van der Waals surface area contributed by atoms with Crippen LogP contribution in [-0.4, -0.2) is 59.9 Å². The highest BCUT2D eigenvalue weighted by Gasteiger charge is 2.30. The molecule has 5 rings (SSSR count). The molecule has 0 spiro atoms. The van der Waals surface area contributed by atoms with Crippen LogP contribution >= 0.6 is 0 Å². The summed E-state index contributed by atoms with van der Waals surface area (Å²) in [6, 6.07) is 19.5. The van der Waals surface area contributed by atoms with Gasteiger partial charge in [0.1, 0.15) is 5.82 Å². The van der Waals surface area contributed by atoms with Crippen molar-refractivity contribution in [1.29, 1.82) is 0 Å². The largest absolute Gasteiger partial charge is 0.416 e. The van der Waals surface area contributed by atoms with Gasteiger partial charge in [-0.25, -0.2) is 12.8 Å². The number of nitrogens with zero attached hydrogens (tertiary/aromatic N) is 4. The number of aromatic nitrogens is 2. The van der Waals surface area contributed by atoms with E-state index in [1.54, 1.807) is 29.2 Å². The van der Waals surface area contributed by atoms with Gasteiger partial charge in [0, 0.05) is 42.9 Å². The maximum absolute atomic E-state index is 13.5. The Morgan fingerprint density at radius 2 is 1.44 bits per heavy atom. The van der Waals surface area contributed by atoms with Crippen LogP contribution in [0, 0.1) is 12.7 Å². The third-order valence-electron chi connectivity index (χ3n) is 6.06. The zero-order valence-electron chi connectivity index (χ0n) is 19.5. The van der Waals surface area contributed by atoms with Crippen LogP contribution in [0.5, 0.6) is 0 Å². The lowest BCUT2D eigenvalue weighted by Gasteiger charge is -2.34. The molecule has 8 nitrogen and oxygen atoms in total. The van der Waals surface area contributed by atoms with Gasteiger partial charge in [-0.05, 0) is 61.5 Å². The van der Waals surface area contributed by atoms with E-state index >= 15 is 0 Å². The van der Waals surface area contributed by atoms with Gasteiger partial charge in [0.25, 0.3) is 5.91 Å². The Balaban J connectivity index is 1.23. The van der Waals surface area contributed by atoms with E-state index in [9.17, 15) is 17.6 Å². The summed E-state index contributed by atoms with van der Waals surface area (Å²) < 4.78 is 46.2. The highest BCUT2D eigenvalue weighted by molar-refractivity contribution is 7.89. The van der Waals surface area contributed by atoms with Gasteiger partial charge in [-0.15, -0.1) is 10.2 Å². The van der Waals surface area contributed by atoms with Gasteiger partial charge in [0.2, 0.25) is 21.8 Å². The highest BCUT2D eigenvalue weighted by atomic mass is 32.2. The fraction of sp³-hybridized carbons (Fsp3) is 0.192. The molecule has 4 aromatic rings. The first-order valence-electron chi connectivity index (χ1n) is 11.4. The molecule has 1 saturated heterocycles. The van der Waals surface area contributed by atoms with Gasteiger partial charge in [0.15, 0.2) is 0 Å². The van der Waals surface area contributed by atoms with Crippen LogP contribution in [0.3, 0.4) is 0 Å². The summed E-state index contributed by atoms with van der Waals surface area (Å²) in [6.07, 6.45) is 0. The second kappa shape index (κ2) is 9.63. The van der Waals surface area contributed by atoms with Crippen LogP contribution in [0.25, 0.3) is 22.9 Å². The minimum Gasteiger partial charge on any atom is -0.416 e. The summed E-state index contributed by atoms with van der Waals surface area (Å²) in [6.45, 7) is 2.73. The SMILES string of the molecule is Cc1ccc(-c2nnc(-c3ccc(C(=O)N4CCN(S(=O)(=O)c5cccc(F)c5)CC4)cc3)o2)cc1. The van der Waals surface area contributed by atoms with Gasteiger partial charge >= 0.3 is 0 Å². The predicted octanol–water partition coefficient (Wildman–Crippen LogP) is 4.00. The lowest BCUT2D eigenvalue weighted by atomic mass is 10.1. The van der Waals surface area contributed by atoms with E-state index in [1.165, 1.54) is 22.5 Å². The average Bonchev–Trinajstić information content (AvgIpc) is 3.39. The van der Waals surface area contributed by atoms with Crippen molar-refractivity contribution in [1.82, 2.24) is 19.4 Å². The molecule has 0 N–H and O–H groups in total. The van der Waals surface area contributed by atoms with E-state index in [-0.39, 0.29) is 37.0 Å². The molecule has 0 aliphatic carbocycles. The van der Waals surface area contributed by atoms with Crippen molar-refractivity contribution in [2.24, 2.45) is 0 Å². The molecular formula is C26H23FN4O4S. The normalized spacial score (nSPS) is 14.7. The number of sulfonamides is 1. The molecule has 184 valence electrons. The second-order valence-corrected chi connectivity index (χ2v) is 10.4. The van der Waals surface area contributed by atoms with Crippen LogP contribution in [0.4, 0.5) is 4.39 Å². The second-order valence-electron chi connectivity index (χ2n) is 8.51. The van der Waals surface area contributed by atoms with E-state index in [4.69, 9.17) is 4.42 Å². The predicted molar refractivity (Wildman–Crippen MR) is 131 cm³/mol. The van der Waals surface area contributed by atoms with E-state index in [1.807, 2.05) is 31.2 Å². The fourth-order valence-corrected chi connectivity index (χ4v) is 5.45. The molecule has 2 heterocycles. The van der Waals surface area contributed by atoms with Crippen molar-refractivity contribution < 1.29 is 22.0 Å². The number of piperazine rings is 1. The van der Waals surface area contributed by atoms with E-state index in [2.05, 4.69) is 10.2 Å². The quantitative estimate of drug-likeness (QED) is 0.406. The van der Waals surface area contributed by atoms with Crippen molar-refractivity contribution in [3.8, 4) is 22.9 Å². The molecule has 0 atom stereocenters. The summed E-state index contributed by atoms with van der Waals surface area (Å²) in [5.41, 5.74) is 3.11. The minimum atomic E-state index is -3.82. The van der Waals surface area contributed by atoms with Gasteiger partial charge < -0.3 is 9.32 Å². The van der Waals surface area contributed by atoms with Crippen LogP contribution < -0.4 is 0 Å². The van der Waals surface area contributed by atoms with Gasteiger partial charge in [-0.1, -0.05) is 23.8 Å². The lowest BCUT2D eigenvalue weighted by Crippen LogP contribution is -2.50. The molecule has 0 saturated carbocycles. The Bertz CT molecular complexity index is 1490. The van der Waals surface area contributed by atoms with Crippen molar-refractivity contribution in [2.45, 2.75) is 11.8 Å². The smallest absolute Gasteiger partial charge is 0.253 e. The molecule has 36 heavy (non-hydrogen) atoms. The van der Waals surface area contributed by atoms with Crippen molar-refractivity contribution in [3.05, 3.63) is 89.7 Å². The maximum Gasteiger partial charge on any atom is 0.253 e. The molecule has 10 heteroatoms. The van der Waals surface area contributed by atoms with Gasteiger partial charge in [-0.2, -0.15) is 4.31 Å². The van der Waals surface area contributed by atoms with Crippen LogP contribution in [0.15, 0.2) is 82.1 Å². The zero-order valence-corrected chi connectivity index (χ0v) is 20.3. The summed E-state index contributed by atoms with van der Waals surface area (Å²) in [4.78, 5) is 14.5. The average molecular weight is 507 g/mol. The fourth-order valence-electron chi connectivity index (χ4n) is 4.00. The van der Waals surface area contributed by atoms with Crippen molar-refractivity contribution in [3.63, 3.8) is 0 Å². The molecular weight excluding hydrogens is 483 g/mol. The number of benzene rings is 3. The Morgan fingerprint density at radius 1 is 0.861 bits per heavy atom. The molecule has 0 unspecified atom stereocenters. The Hall–Kier alpha value is -3.89. The number of amides is 1. The Labute approximate surface area is 208 Å². The summed E-state index contributed by atoms with van der Waals surface area (Å²) in [5, 5.41) is 8.22. The first-order chi connectivity index (χ1) is 17.3. The first-order valence-corrected chi connectivity index (χ1v) is 12.8. The van der Waals surface area contributed by atoms with Crippen LogP contribution in [-0.2, 0) is 10.0 Å². The molecule has 0 bridgehead atoms. The van der Waals surface area contributed by atoms with Crippen LogP contribution in [0.1, 0.15) is 15.9 Å². The third-order valence-corrected chi connectivity index (χ3v) is 7.96. The van der Waals surface area contributed by atoms with Crippen LogP contribution in [0.2, 0.25) is 0 Å². The molecule has 1 fully saturated rings. The monoisotopic (exact) mass is 506 g/mol. The molecule has 1 aliphatic heterocycles. The number of hydrogen-bond acceptors (Lipinski definition) is 6. The molecule has 1 amide bonds. The maximum atomic E-state index is 13.5. The number of rotatable bonds is 5. The van der Waals surface area contributed by atoms with Crippen molar-refractivity contribution >= 4 is 15.9 Å². The third kappa shape index (κ3) is 4.77. The van der Waals surface area contributed by atoms with Gasteiger partial charge in [-0.3, -0.25) is 4.79 Å². The molecule has 1 aliphatic rings. The first kappa shape index (κ1) is 23.8. The van der Waals surface area contributed by atoms with E-state index in [0.29, 0.717) is 22.9 Å². The standard InChI is InChI=1S/C26H23FN4O4S/c1-18-5-7-19(8-6-18)24-28-29-25(35-24)20-9-11-21(12-10-20)26(32)30-13-15-31(16-14-30)36(33,34)23-4-2-3-22(27)17-23/h2-12,17H,13-16H2,1H3. The molecule has 1 aromatic heterocycles. The Kier molecular flexibility index (Phi) is 6.38. The number of halogens is 1. The van der Waals surface area contributed by atoms with E-state index < -0.39 is 15.8 Å². The molecule has 0 radical (unpaired) electrons. The number of aryl methyl sites for hydroxylation is 1. The van der Waals surface area contributed by atoms with Crippen molar-refractivity contribution in [2.75, 3.05) is 26.2 Å². The summed E-state index contributed by atoms with van der Waals surface area (Å²) >= 11 is 0. The lowest BCUT2D eigenvalue weighted by molar-refractivity contribution is 0.0698. The molecule has 3 aromatic carbocycles. The summed E-state index contributed by atoms with van der Waals surface area (Å²) in [5.74, 6) is -0.0487. The van der Waals surface area contributed by atoms with Gasteiger partial charge in [0.05, 0.1) is 4.90 Å². The zero-order chi connectivity index (χ0) is 25.3. The topological polar surface area (TPSA) is 96.6 Å². The minimum absolute atomic E-state index is 0.0931. The number of carbonyl (C=O) groups is 1. The van der Waals surface area contributed by atoms with E-state index in [0.717, 1.165) is 17.2 Å². The number of hydrogen-bond donors (Lipinski definition) is 0. The highest BCUT2D eigenvalue weighted by Crippen LogP contribution is 2.25. The summed E-state index contributed by atoms with van der Waals surface area (Å²) in [7, 11) is -3.82. The Morgan fingerprint density at radius 3 is 2.03 bits per heavy atom. The number of carbonyl (C=O) groups excluding carboxylic acids is 1.